The van der Waals surface area contributed by atoms with Crippen molar-refractivity contribution in [2.24, 2.45) is 7.05 Å². The summed E-state index contributed by atoms with van der Waals surface area (Å²) < 4.78 is 121. The number of anilines is 4. The Kier molecular flexibility index (Phi) is 5.96. The van der Waals surface area contributed by atoms with E-state index < -0.39 is 69.8 Å². The van der Waals surface area contributed by atoms with E-state index in [9.17, 15) is 39.5 Å². The van der Waals surface area contributed by atoms with E-state index in [1.165, 1.54) is 12.1 Å². The SMILES string of the molecule is Cn1c(C(F)(F)F)nc2nc(Nc3ccccc3C(F)(F)F)c(Nc3ccccc3C(F)(F)F)nc21. The molecule has 36 heavy (non-hydrogen) atoms. The topological polar surface area (TPSA) is 67.7 Å². The zero-order valence-electron chi connectivity index (χ0n) is 17.8. The summed E-state index contributed by atoms with van der Waals surface area (Å²) in [6, 6.07) is 8.23. The summed E-state index contributed by atoms with van der Waals surface area (Å²) in [6.07, 6.45) is -14.6. The first-order chi connectivity index (χ1) is 16.7. The average Bonchev–Trinajstić information content (AvgIpc) is 3.09. The zero-order valence-corrected chi connectivity index (χ0v) is 17.8. The molecule has 0 amide bonds. The highest BCUT2D eigenvalue weighted by Crippen LogP contribution is 2.40. The molecule has 0 aliphatic rings. The van der Waals surface area contributed by atoms with Gasteiger partial charge in [-0.05, 0) is 24.3 Å². The molecule has 6 nitrogen and oxygen atoms in total. The normalized spacial score (nSPS) is 12.7. The van der Waals surface area contributed by atoms with Crippen molar-refractivity contribution in [1.29, 1.82) is 0 Å². The minimum absolute atomic E-state index is 0.469. The van der Waals surface area contributed by atoms with Crippen molar-refractivity contribution in [3.63, 3.8) is 0 Å². The predicted octanol–water partition coefficient (Wildman–Crippen LogP) is 6.91. The summed E-state index contributed by atoms with van der Waals surface area (Å²) in [7, 11) is 0.965. The molecule has 2 aromatic heterocycles. The average molecular weight is 520 g/mol. The number of hydrogen-bond acceptors (Lipinski definition) is 5. The molecule has 0 radical (unpaired) electrons. The quantitative estimate of drug-likeness (QED) is 0.287. The Labute approximate surface area is 195 Å². The number of benzene rings is 2. The van der Waals surface area contributed by atoms with Gasteiger partial charge in [0, 0.05) is 7.05 Å². The molecule has 4 aromatic rings. The number of alkyl halides is 9. The van der Waals surface area contributed by atoms with Gasteiger partial charge in [0.15, 0.2) is 22.9 Å². The van der Waals surface area contributed by atoms with Crippen molar-refractivity contribution >= 4 is 34.3 Å². The summed E-state index contributed by atoms with van der Waals surface area (Å²) in [6.45, 7) is 0. The van der Waals surface area contributed by atoms with Gasteiger partial charge in [0.25, 0.3) is 0 Å². The van der Waals surface area contributed by atoms with Crippen molar-refractivity contribution in [1.82, 2.24) is 19.5 Å². The number of aromatic nitrogens is 4. The lowest BCUT2D eigenvalue weighted by atomic mass is 10.1. The highest BCUT2D eigenvalue weighted by atomic mass is 19.4. The first-order valence-electron chi connectivity index (χ1n) is 9.84. The van der Waals surface area contributed by atoms with Gasteiger partial charge in [0.2, 0.25) is 5.82 Å². The number of hydrogen-bond donors (Lipinski definition) is 2. The Bertz CT molecular complexity index is 1420. The van der Waals surface area contributed by atoms with Gasteiger partial charge in [0.1, 0.15) is 0 Å². The van der Waals surface area contributed by atoms with Crippen LogP contribution in [0.2, 0.25) is 0 Å². The van der Waals surface area contributed by atoms with Crippen LogP contribution in [0.5, 0.6) is 0 Å². The highest BCUT2D eigenvalue weighted by molar-refractivity contribution is 5.81. The molecule has 4 rings (SSSR count). The number of fused-ring (bicyclic) bond motifs is 1. The molecule has 0 atom stereocenters. The number of halogens is 9. The minimum Gasteiger partial charge on any atom is -0.337 e. The fourth-order valence-electron chi connectivity index (χ4n) is 3.35. The number of nitrogens with one attached hydrogen (secondary N) is 2. The van der Waals surface area contributed by atoms with E-state index in [0.717, 1.165) is 43.4 Å². The smallest absolute Gasteiger partial charge is 0.337 e. The first kappa shape index (κ1) is 25.1. The van der Waals surface area contributed by atoms with Crippen LogP contribution in [0.3, 0.4) is 0 Å². The van der Waals surface area contributed by atoms with Gasteiger partial charge in [-0.1, -0.05) is 24.3 Å². The standard InChI is InChI=1S/C21H13F9N6/c1-36-17-16(35-18(36)21(28,29)30)33-14(31-12-8-4-2-6-10(12)19(22,23)24)15(34-17)32-13-9-5-3-7-11(13)20(25,26)27/h2-9H,1H3,(H,31,33)(H,32,34). The molecule has 0 spiro atoms. The van der Waals surface area contributed by atoms with Gasteiger partial charge in [-0.2, -0.15) is 39.5 Å². The predicted molar refractivity (Wildman–Crippen MR) is 111 cm³/mol. The van der Waals surface area contributed by atoms with Crippen LogP contribution >= 0.6 is 0 Å². The molecule has 0 fully saturated rings. The van der Waals surface area contributed by atoms with E-state index in [2.05, 4.69) is 25.6 Å². The summed E-state index contributed by atoms with van der Waals surface area (Å²) >= 11 is 0. The zero-order chi connectivity index (χ0) is 26.5. The lowest BCUT2D eigenvalue weighted by molar-refractivity contribution is -0.146. The molecule has 0 aliphatic carbocycles. The molecule has 0 saturated heterocycles. The lowest BCUT2D eigenvalue weighted by Gasteiger charge is -2.18. The first-order valence-corrected chi connectivity index (χ1v) is 9.84. The number of para-hydroxylation sites is 2. The van der Waals surface area contributed by atoms with Crippen LogP contribution in [0.25, 0.3) is 11.3 Å². The maximum atomic E-state index is 13.5. The van der Waals surface area contributed by atoms with Crippen molar-refractivity contribution in [2.45, 2.75) is 18.5 Å². The van der Waals surface area contributed by atoms with Crippen LogP contribution in [0.1, 0.15) is 17.0 Å². The van der Waals surface area contributed by atoms with Crippen LogP contribution in [-0.2, 0) is 25.6 Å². The van der Waals surface area contributed by atoms with Crippen molar-refractivity contribution in [3.05, 3.63) is 65.5 Å². The minimum atomic E-state index is -4.93. The molecule has 0 bridgehead atoms. The fourth-order valence-corrected chi connectivity index (χ4v) is 3.35. The molecular formula is C21H13F9N6. The van der Waals surface area contributed by atoms with Crippen LogP contribution in [0, 0.1) is 0 Å². The number of nitrogens with zero attached hydrogens (tertiary/aromatic N) is 4. The molecule has 2 aromatic carbocycles. The van der Waals surface area contributed by atoms with Gasteiger partial charge < -0.3 is 15.2 Å². The molecule has 0 aliphatic heterocycles. The third-order valence-corrected chi connectivity index (χ3v) is 4.93. The maximum Gasteiger partial charge on any atom is 0.449 e. The molecule has 190 valence electrons. The monoisotopic (exact) mass is 520 g/mol. The lowest BCUT2D eigenvalue weighted by Crippen LogP contribution is -2.13. The van der Waals surface area contributed by atoms with Gasteiger partial charge in [-0.25, -0.2) is 15.0 Å². The van der Waals surface area contributed by atoms with E-state index in [4.69, 9.17) is 0 Å². The van der Waals surface area contributed by atoms with Crippen LogP contribution < -0.4 is 10.6 Å². The Morgan fingerprint density at radius 1 is 0.611 bits per heavy atom. The van der Waals surface area contributed by atoms with Crippen molar-refractivity contribution in [3.8, 4) is 0 Å². The van der Waals surface area contributed by atoms with Crippen molar-refractivity contribution in [2.75, 3.05) is 10.6 Å². The largest absolute Gasteiger partial charge is 0.449 e. The number of rotatable bonds is 4. The Morgan fingerprint density at radius 3 is 1.50 bits per heavy atom. The third kappa shape index (κ3) is 4.85. The van der Waals surface area contributed by atoms with Gasteiger partial charge in [-0.15, -0.1) is 0 Å². The second-order valence-electron chi connectivity index (χ2n) is 7.40. The third-order valence-electron chi connectivity index (χ3n) is 4.93. The van der Waals surface area contributed by atoms with E-state index in [-0.39, 0.29) is 0 Å². The molecule has 15 heteroatoms. The number of imidazole rings is 1. The van der Waals surface area contributed by atoms with Crippen molar-refractivity contribution < 1.29 is 39.5 Å². The molecular weight excluding hydrogens is 507 g/mol. The second-order valence-corrected chi connectivity index (χ2v) is 7.40. The summed E-state index contributed by atoms with van der Waals surface area (Å²) in [5.74, 6) is -2.55. The van der Waals surface area contributed by atoms with E-state index >= 15 is 0 Å². The fraction of sp³-hybridized carbons (Fsp3) is 0.190. The number of aryl methyl sites for hydroxylation is 1. The Morgan fingerprint density at radius 2 is 1.06 bits per heavy atom. The highest BCUT2D eigenvalue weighted by Gasteiger charge is 2.38. The van der Waals surface area contributed by atoms with Crippen LogP contribution in [0.4, 0.5) is 62.5 Å². The summed E-state index contributed by atoms with van der Waals surface area (Å²) in [5.41, 5.74) is -4.46. The summed E-state index contributed by atoms with van der Waals surface area (Å²) in [4.78, 5) is 11.1. The summed E-state index contributed by atoms with van der Waals surface area (Å²) in [5, 5.41) is 4.65. The second kappa shape index (κ2) is 8.57. The maximum absolute atomic E-state index is 13.5. The molecule has 2 heterocycles. The van der Waals surface area contributed by atoms with Gasteiger partial charge in [0.05, 0.1) is 22.5 Å². The Balaban J connectivity index is 1.91. The van der Waals surface area contributed by atoms with E-state index in [1.807, 2.05) is 0 Å². The Hall–Kier alpha value is -4.04. The molecule has 0 saturated carbocycles. The van der Waals surface area contributed by atoms with E-state index in [1.54, 1.807) is 0 Å². The van der Waals surface area contributed by atoms with Gasteiger partial charge in [-0.3, -0.25) is 0 Å². The van der Waals surface area contributed by atoms with Crippen LogP contribution in [-0.4, -0.2) is 19.5 Å². The molecule has 2 N–H and O–H groups in total. The van der Waals surface area contributed by atoms with Crippen LogP contribution in [0.15, 0.2) is 48.5 Å². The van der Waals surface area contributed by atoms with E-state index in [0.29, 0.717) is 4.57 Å². The molecule has 0 unspecified atom stereocenters. The van der Waals surface area contributed by atoms with Gasteiger partial charge >= 0.3 is 18.5 Å².